The topological polar surface area (TPSA) is 70.2 Å². The highest BCUT2D eigenvalue weighted by Crippen LogP contribution is 2.30. The normalized spacial score (nSPS) is 12.1. The number of nitrogens with zero attached hydrogens (tertiary/aromatic N) is 3. The highest BCUT2D eigenvalue weighted by Gasteiger charge is 2.23. The number of benzene rings is 1. The van der Waals surface area contributed by atoms with Crippen LogP contribution in [-0.4, -0.2) is 32.6 Å². The van der Waals surface area contributed by atoms with Gasteiger partial charge in [-0.1, -0.05) is 29.5 Å². The summed E-state index contributed by atoms with van der Waals surface area (Å²) in [5, 5.41) is 8.74. The van der Waals surface area contributed by atoms with E-state index in [2.05, 4.69) is 10.2 Å². The highest BCUT2D eigenvalue weighted by atomic mass is 32.2. The third-order valence-electron chi connectivity index (χ3n) is 3.57. The smallest absolute Gasteiger partial charge is 0.319 e. The number of esters is 1. The summed E-state index contributed by atoms with van der Waals surface area (Å²) in [6, 6.07) is 11.7. The van der Waals surface area contributed by atoms with Gasteiger partial charge in [-0.15, -0.1) is 10.2 Å². The molecule has 3 rings (SSSR count). The summed E-state index contributed by atoms with van der Waals surface area (Å²) in [7, 11) is 0. The second kappa shape index (κ2) is 7.57. The lowest BCUT2D eigenvalue weighted by Gasteiger charge is -2.12. The molecule has 1 aromatic carbocycles. The summed E-state index contributed by atoms with van der Waals surface area (Å²) in [5.41, 5.74) is 2.06. The van der Waals surface area contributed by atoms with Crippen molar-refractivity contribution in [1.29, 1.82) is 0 Å². The zero-order valence-electron chi connectivity index (χ0n) is 14.3. The van der Waals surface area contributed by atoms with E-state index in [4.69, 9.17) is 9.15 Å². The number of hydrogen-bond donors (Lipinski definition) is 0. The van der Waals surface area contributed by atoms with Gasteiger partial charge in [-0.3, -0.25) is 9.36 Å². The van der Waals surface area contributed by atoms with Gasteiger partial charge < -0.3 is 9.15 Å². The van der Waals surface area contributed by atoms with Crippen molar-refractivity contribution >= 4 is 17.7 Å². The van der Waals surface area contributed by atoms with E-state index >= 15 is 0 Å². The lowest BCUT2D eigenvalue weighted by Crippen LogP contribution is -2.17. The van der Waals surface area contributed by atoms with Crippen LogP contribution in [0.4, 0.5) is 0 Å². The molecule has 3 aromatic rings. The van der Waals surface area contributed by atoms with Crippen LogP contribution in [0.5, 0.6) is 0 Å². The predicted molar refractivity (Wildman–Crippen MR) is 95.8 cm³/mol. The quantitative estimate of drug-likeness (QED) is 0.492. The molecule has 0 saturated carbocycles. The fourth-order valence-electron chi connectivity index (χ4n) is 2.30. The van der Waals surface area contributed by atoms with Gasteiger partial charge in [0.1, 0.15) is 5.25 Å². The Labute approximate surface area is 150 Å². The standard InChI is InChI=1S/C18H19N3O3S/c1-4-23-17(22)13(3)25-18-20-19-16(15-6-5-11-24-15)21(18)14-9-7-12(2)8-10-14/h5-11,13H,4H2,1-3H3. The zero-order chi connectivity index (χ0) is 17.8. The Bertz CT molecular complexity index is 841. The van der Waals surface area contributed by atoms with Gasteiger partial charge in [0.15, 0.2) is 10.9 Å². The first-order valence-corrected chi connectivity index (χ1v) is 8.87. The predicted octanol–water partition coefficient (Wildman–Crippen LogP) is 3.88. The Morgan fingerprint density at radius 1 is 1.28 bits per heavy atom. The van der Waals surface area contributed by atoms with Gasteiger partial charge in [-0.25, -0.2) is 0 Å². The first-order valence-electron chi connectivity index (χ1n) is 7.99. The maximum absolute atomic E-state index is 12.0. The van der Waals surface area contributed by atoms with Crippen LogP contribution < -0.4 is 0 Å². The molecule has 2 aromatic heterocycles. The number of aryl methyl sites for hydroxylation is 1. The number of ether oxygens (including phenoxy) is 1. The Balaban J connectivity index is 2.01. The van der Waals surface area contributed by atoms with Crippen molar-refractivity contribution in [3.8, 4) is 17.3 Å². The van der Waals surface area contributed by atoms with E-state index < -0.39 is 5.25 Å². The van der Waals surface area contributed by atoms with Crippen molar-refractivity contribution in [2.24, 2.45) is 0 Å². The number of carbonyl (C=O) groups is 1. The second-order valence-corrected chi connectivity index (χ2v) is 6.77. The third kappa shape index (κ3) is 3.76. The molecule has 25 heavy (non-hydrogen) atoms. The maximum atomic E-state index is 12.0. The molecular weight excluding hydrogens is 338 g/mol. The minimum absolute atomic E-state index is 0.273. The molecule has 0 fully saturated rings. The highest BCUT2D eigenvalue weighted by molar-refractivity contribution is 8.00. The molecule has 6 nitrogen and oxygen atoms in total. The van der Waals surface area contributed by atoms with Gasteiger partial charge in [0.2, 0.25) is 5.82 Å². The van der Waals surface area contributed by atoms with Gasteiger partial charge in [-0.05, 0) is 45.0 Å². The van der Waals surface area contributed by atoms with Crippen molar-refractivity contribution in [1.82, 2.24) is 14.8 Å². The van der Waals surface area contributed by atoms with E-state index in [0.717, 1.165) is 11.3 Å². The Kier molecular flexibility index (Phi) is 5.23. The molecule has 0 amide bonds. The molecule has 0 aliphatic rings. The summed E-state index contributed by atoms with van der Waals surface area (Å²) in [6.45, 7) is 5.97. The van der Waals surface area contributed by atoms with E-state index in [0.29, 0.717) is 23.3 Å². The molecule has 0 bridgehead atoms. The monoisotopic (exact) mass is 357 g/mol. The number of furan rings is 1. The molecule has 7 heteroatoms. The van der Waals surface area contributed by atoms with Crippen LogP contribution in [0.1, 0.15) is 19.4 Å². The number of carbonyl (C=O) groups excluding carboxylic acids is 1. The molecule has 0 spiro atoms. The largest absolute Gasteiger partial charge is 0.465 e. The molecule has 0 radical (unpaired) electrons. The molecule has 1 unspecified atom stereocenters. The number of hydrogen-bond acceptors (Lipinski definition) is 6. The molecule has 0 aliphatic heterocycles. The molecule has 0 N–H and O–H groups in total. The lowest BCUT2D eigenvalue weighted by molar-refractivity contribution is -0.142. The van der Waals surface area contributed by atoms with Crippen LogP contribution in [0.15, 0.2) is 52.2 Å². The summed E-state index contributed by atoms with van der Waals surface area (Å²) >= 11 is 1.31. The molecule has 1 atom stereocenters. The van der Waals surface area contributed by atoms with Gasteiger partial charge in [0.05, 0.1) is 12.9 Å². The van der Waals surface area contributed by atoms with Gasteiger partial charge in [0.25, 0.3) is 0 Å². The van der Waals surface area contributed by atoms with Crippen LogP contribution in [0.25, 0.3) is 17.3 Å². The summed E-state index contributed by atoms with van der Waals surface area (Å²) < 4.78 is 12.5. The Hall–Kier alpha value is -2.54. The van der Waals surface area contributed by atoms with E-state index in [-0.39, 0.29) is 5.97 Å². The zero-order valence-corrected chi connectivity index (χ0v) is 15.1. The SMILES string of the molecule is CCOC(=O)C(C)Sc1nnc(-c2ccco2)n1-c1ccc(C)cc1. The second-order valence-electron chi connectivity index (χ2n) is 5.47. The summed E-state index contributed by atoms with van der Waals surface area (Å²) in [6.07, 6.45) is 1.59. The van der Waals surface area contributed by atoms with Crippen molar-refractivity contribution in [2.75, 3.05) is 6.61 Å². The Morgan fingerprint density at radius 3 is 2.68 bits per heavy atom. The van der Waals surface area contributed by atoms with Crippen molar-refractivity contribution in [3.05, 3.63) is 48.2 Å². The van der Waals surface area contributed by atoms with Crippen LogP contribution in [0.2, 0.25) is 0 Å². The van der Waals surface area contributed by atoms with Crippen LogP contribution >= 0.6 is 11.8 Å². The van der Waals surface area contributed by atoms with Crippen molar-refractivity contribution < 1.29 is 13.9 Å². The number of rotatable bonds is 6. The minimum atomic E-state index is -0.391. The number of aromatic nitrogens is 3. The van der Waals surface area contributed by atoms with Gasteiger partial charge in [-0.2, -0.15) is 0 Å². The Morgan fingerprint density at radius 2 is 2.04 bits per heavy atom. The minimum Gasteiger partial charge on any atom is -0.465 e. The third-order valence-corrected chi connectivity index (χ3v) is 4.59. The molecule has 2 heterocycles. The first-order chi connectivity index (χ1) is 12.1. The first kappa shape index (κ1) is 17.3. The van der Waals surface area contributed by atoms with Gasteiger partial charge >= 0.3 is 5.97 Å². The maximum Gasteiger partial charge on any atom is 0.319 e. The fraction of sp³-hybridized carbons (Fsp3) is 0.278. The average Bonchev–Trinajstić information content (AvgIpc) is 3.25. The summed E-state index contributed by atoms with van der Waals surface area (Å²) in [5.74, 6) is 0.932. The van der Waals surface area contributed by atoms with Gasteiger partial charge in [0, 0.05) is 5.69 Å². The fourth-order valence-corrected chi connectivity index (χ4v) is 3.17. The van der Waals surface area contributed by atoms with E-state index in [1.54, 1.807) is 26.2 Å². The molecular formula is C18H19N3O3S. The number of thioether (sulfide) groups is 1. The van der Waals surface area contributed by atoms with E-state index in [1.807, 2.05) is 41.8 Å². The van der Waals surface area contributed by atoms with Crippen LogP contribution in [0.3, 0.4) is 0 Å². The van der Waals surface area contributed by atoms with Crippen molar-refractivity contribution in [2.45, 2.75) is 31.2 Å². The van der Waals surface area contributed by atoms with E-state index in [1.165, 1.54) is 11.8 Å². The molecule has 0 saturated heterocycles. The average molecular weight is 357 g/mol. The summed E-state index contributed by atoms with van der Waals surface area (Å²) in [4.78, 5) is 12.0. The lowest BCUT2D eigenvalue weighted by atomic mass is 10.2. The van der Waals surface area contributed by atoms with Crippen LogP contribution in [0, 0.1) is 6.92 Å². The van der Waals surface area contributed by atoms with Crippen LogP contribution in [-0.2, 0) is 9.53 Å². The van der Waals surface area contributed by atoms with Crippen molar-refractivity contribution in [3.63, 3.8) is 0 Å². The molecule has 130 valence electrons. The van der Waals surface area contributed by atoms with E-state index in [9.17, 15) is 4.79 Å². The molecule has 0 aliphatic carbocycles.